The van der Waals surface area contributed by atoms with Gasteiger partial charge in [-0.1, -0.05) is 26.8 Å². The molecule has 2 N–H and O–H groups in total. The lowest BCUT2D eigenvalue weighted by Gasteiger charge is -2.10. The van der Waals surface area contributed by atoms with Gasteiger partial charge in [0.2, 0.25) is 11.8 Å². The van der Waals surface area contributed by atoms with Crippen molar-refractivity contribution in [2.24, 2.45) is 0 Å². The van der Waals surface area contributed by atoms with Gasteiger partial charge in [0.25, 0.3) is 0 Å². The number of anilines is 1. The molecule has 5 heteroatoms. The highest BCUT2D eigenvalue weighted by atomic mass is 16.3. The lowest BCUT2D eigenvalue weighted by atomic mass is 10.0. The molecule has 0 fully saturated rings. The van der Waals surface area contributed by atoms with E-state index in [1.54, 1.807) is 19.1 Å². The molecule has 5 nitrogen and oxygen atoms in total. The number of nitrogens with zero attached hydrogens (tertiary/aromatic N) is 1. The van der Waals surface area contributed by atoms with E-state index in [1.165, 1.54) is 5.56 Å². The van der Waals surface area contributed by atoms with Crippen LogP contribution in [-0.4, -0.2) is 16.0 Å². The summed E-state index contributed by atoms with van der Waals surface area (Å²) in [5.41, 5.74) is 4.35. The third kappa shape index (κ3) is 3.57. The van der Waals surface area contributed by atoms with E-state index in [9.17, 15) is 9.90 Å². The molecule has 0 saturated heterocycles. The maximum Gasteiger partial charge on any atom is 0.231 e. The maximum atomic E-state index is 11.9. The zero-order chi connectivity index (χ0) is 18.8. The molecule has 0 bridgehead atoms. The van der Waals surface area contributed by atoms with Crippen LogP contribution in [0.2, 0.25) is 0 Å². The Morgan fingerprint density at radius 3 is 2.73 bits per heavy atom. The van der Waals surface area contributed by atoms with Gasteiger partial charge in [0.1, 0.15) is 11.3 Å². The topological polar surface area (TPSA) is 75.4 Å². The Balaban J connectivity index is 2.03. The van der Waals surface area contributed by atoms with E-state index >= 15 is 0 Å². The van der Waals surface area contributed by atoms with Gasteiger partial charge >= 0.3 is 0 Å². The van der Waals surface area contributed by atoms with E-state index < -0.39 is 0 Å². The van der Waals surface area contributed by atoms with Crippen molar-refractivity contribution in [1.82, 2.24) is 4.98 Å². The van der Waals surface area contributed by atoms with Crippen molar-refractivity contribution in [2.45, 2.75) is 46.5 Å². The zero-order valence-corrected chi connectivity index (χ0v) is 15.6. The summed E-state index contributed by atoms with van der Waals surface area (Å²) in [6.07, 6.45) is 1.23. The number of aromatic hydroxyl groups is 1. The smallest absolute Gasteiger partial charge is 0.231 e. The first-order valence-corrected chi connectivity index (χ1v) is 8.93. The predicted molar refractivity (Wildman–Crippen MR) is 103 cm³/mol. The van der Waals surface area contributed by atoms with E-state index in [4.69, 9.17) is 4.42 Å². The Bertz CT molecular complexity index is 957. The van der Waals surface area contributed by atoms with Crippen LogP contribution >= 0.6 is 0 Å². The van der Waals surface area contributed by atoms with E-state index in [0.29, 0.717) is 40.6 Å². The number of hydrogen-bond donors (Lipinski definition) is 2. The number of oxazole rings is 1. The standard InChI is InChI=1S/C21H24N2O3/c1-5-6-19(24)22-15-9-13(4)20(25)16(11-15)21-23-17-10-14(12(2)3)7-8-18(17)26-21/h7-12,25H,5-6H2,1-4H3,(H,22,24). The highest BCUT2D eigenvalue weighted by molar-refractivity contribution is 5.92. The summed E-state index contributed by atoms with van der Waals surface area (Å²) in [5.74, 6) is 0.789. The van der Waals surface area contributed by atoms with E-state index in [2.05, 4.69) is 24.1 Å². The average Bonchev–Trinajstić information content (AvgIpc) is 3.00. The van der Waals surface area contributed by atoms with Crippen molar-refractivity contribution in [3.63, 3.8) is 0 Å². The van der Waals surface area contributed by atoms with Gasteiger partial charge in [-0.15, -0.1) is 0 Å². The van der Waals surface area contributed by atoms with Crippen LogP contribution in [0.25, 0.3) is 22.6 Å². The number of rotatable bonds is 5. The van der Waals surface area contributed by atoms with Crippen molar-refractivity contribution in [2.75, 3.05) is 5.32 Å². The van der Waals surface area contributed by atoms with Crippen LogP contribution < -0.4 is 5.32 Å². The number of hydrogen-bond acceptors (Lipinski definition) is 4. The zero-order valence-electron chi connectivity index (χ0n) is 15.6. The third-order valence-electron chi connectivity index (χ3n) is 4.37. The minimum atomic E-state index is -0.0531. The summed E-state index contributed by atoms with van der Waals surface area (Å²) in [5, 5.41) is 13.3. The van der Waals surface area contributed by atoms with Gasteiger partial charge in [0.15, 0.2) is 5.58 Å². The first kappa shape index (κ1) is 18.0. The average molecular weight is 352 g/mol. The summed E-state index contributed by atoms with van der Waals surface area (Å²) >= 11 is 0. The fourth-order valence-electron chi connectivity index (χ4n) is 2.88. The number of fused-ring (bicyclic) bond motifs is 1. The second-order valence-corrected chi connectivity index (χ2v) is 6.89. The van der Waals surface area contributed by atoms with Gasteiger partial charge in [0, 0.05) is 12.1 Å². The van der Waals surface area contributed by atoms with Crippen molar-refractivity contribution in [1.29, 1.82) is 0 Å². The Morgan fingerprint density at radius 2 is 2.04 bits per heavy atom. The molecule has 3 aromatic rings. The first-order valence-electron chi connectivity index (χ1n) is 8.93. The van der Waals surface area contributed by atoms with Crippen molar-refractivity contribution in [3.05, 3.63) is 41.5 Å². The van der Waals surface area contributed by atoms with Gasteiger partial charge in [-0.2, -0.15) is 0 Å². The van der Waals surface area contributed by atoms with Gasteiger partial charge < -0.3 is 14.8 Å². The minimum absolute atomic E-state index is 0.0531. The quantitative estimate of drug-likeness (QED) is 0.605. The molecule has 0 unspecified atom stereocenters. The van der Waals surface area contributed by atoms with Crippen LogP contribution in [-0.2, 0) is 4.79 Å². The monoisotopic (exact) mass is 352 g/mol. The van der Waals surface area contributed by atoms with Crippen molar-refractivity contribution < 1.29 is 14.3 Å². The molecule has 0 radical (unpaired) electrons. The Kier molecular flexibility index (Phi) is 4.98. The molecule has 3 rings (SSSR count). The molecule has 0 atom stereocenters. The number of phenols is 1. The fraction of sp³-hybridized carbons (Fsp3) is 0.333. The van der Waals surface area contributed by atoms with Crippen LogP contribution in [0.5, 0.6) is 5.75 Å². The van der Waals surface area contributed by atoms with Crippen LogP contribution in [0.3, 0.4) is 0 Å². The highest BCUT2D eigenvalue weighted by Crippen LogP contribution is 2.36. The molecule has 1 heterocycles. The molecule has 0 aliphatic rings. The van der Waals surface area contributed by atoms with Crippen molar-refractivity contribution >= 4 is 22.7 Å². The molecule has 1 amide bonds. The molecule has 2 aromatic carbocycles. The van der Waals surface area contributed by atoms with Crippen LogP contribution in [0, 0.1) is 6.92 Å². The number of carbonyl (C=O) groups excluding carboxylic acids is 1. The van der Waals surface area contributed by atoms with Gasteiger partial charge in [-0.25, -0.2) is 4.98 Å². The number of carbonyl (C=O) groups is 1. The predicted octanol–water partition coefficient (Wildman–Crippen LogP) is 5.37. The number of nitrogens with one attached hydrogen (secondary N) is 1. The molecule has 0 saturated carbocycles. The number of amides is 1. The van der Waals surface area contributed by atoms with E-state index in [-0.39, 0.29) is 11.7 Å². The molecule has 1 aromatic heterocycles. The number of phenolic OH excluding ortho intramolecular Hbond substituents is 1. The SMILES string of the molecule is CCCC(=O)Nc1cc(C)c(O)c(-c2nc3cc(C(C)C)ccc3o2)c1. The molecule has 0 aliphatic heterocycles. The lowest BCUT2D eigenvalue weighted by molar-refractivity contribution is -0.116. The molecular formula is C21H24N2O3. The minimum Gasteiger partial charge on any atom is -0.507 e. The first-order chi connectivity index (χ1) is 12.4. The maximum absolute atomic E-state index is 11.9. The normalized spacial score (nSPS) is 11.3. The molecule has 26 heavy (non-hydrogen) atoms. The summed E-state index contributed by atoms with van der Waals surface area (Å²) < 4.78 is 5.85. The van der Waals surface area contributed by atoms with Crippen molar-refractivity contribution in [3.8, 4) is 17.2 Å². The Morgan fingerprint density at radius 1 is 1.27 bits per heavy atom. The number of aryl methyl sites for hydroxylation is 1. The van der Waals surface area contributed by atoms with Gasteiger partial charge in [0.05, 0.1) is 5.56 Å². The second-order valence-electron chi connectivity index (χ2n) is 6.89. The summed E-state index contributed by atoms with van der Waals surface area (Å²) in [7, 11) is 0. The largest absolute Gasteiger partial charge is 0.507 e. The molecule has 0 aliphatic carbocycles. The highest BCUT2D eigenvalue weighted by Gasteiger charge is 2.17. The summed E-state index contributed by atoms with van der Waals surface area (Å²) in [6, 6.07) is 9.37. The Labute approximate surface area is 153 Å². The van der Waals surface area contributed by atoms with Crippen LogP contribution in [0.15, 0.2) is 34.7 Å². The second kappa shape index (κ2) is 7.20. The fourth-order valence-corrected chi connectivity index (χ4v) is 2.88. The number of aromatic nitrogens is 1. The number of benzene rings is 2. The molecular weight excluding hydrogens is 328 g/mol. The van der Waals surface area contributed by atoms with Crippen LogP contribution in [0.1, 0.15) is 50.7 Å². The summed E-state index contributed by atoms with van der Waals surface area (Å²) in [4.78, 5) is 16.4. The third-order valence-corrected chi connectivity index (χ3v) is 4.37. The Hall–Kier alpha value is -2.82. The van der Waals surface area contributed by atoms with Gasteiger partial charge in [-0.3, -0.25) is 4.79 Å². The summed E-state index contributed by atoms with van der Waals surface area (Å²) in [6.45, 7) is 7.99. The molecule has 0 spiro atoms. The van der Waals surface area contributed by atoms with E-state index in [1.807, 2.05) is 25.1 Å². The lowest BCUT2D eigenvalue weighted by Crippen LogP contribution is -2.10. The van der Waals surface area contributed by atoms with Crippen LogP contribution in [0.4, 0.5) is 5.69 Å². The van der Waals surface area contributed by atoms with Gasteiger partial charge in [-0.05, 0) is 54.7 Å². The molecule has 136 valence electrons. The van der Waals surface area contributed by atoms with E-state index in [0.717, 1.165) is 11.9 Å².